The maximum atomic E-state index is 12.1. The zero-order valence-electron chi connectivity index (χ0n) is 11.8. The summed E-state index contributed by atoms with van der Waals surface area (Å²) in [5.41, 5.74) is 0. The van der Waals surface area contributed by atoms with Gasteiger partial charge in [-0.3, -0.25) is 4.79 Å². The van der Waals surface area contributed by atoms with Gasteiger partial charge in [-0.1, -0.05) is 23.2 Å². The average molecular weight is 354 g/mol. The van der Waals surface area contributed by atoms with E-state index >= 15 is 0 Å². The van der Waals surface area contributed by atoms with Gasteiger partial charge in [0.25, 0.3) is 0 Å². The summed E-state index contributed by atoms with van der Waals surface area (Å²) >= 11 is 11.8. The fraction of sp³-hybridized carbons (Fsp3) is 0.500. The highest BCUT2D eigenvalue weighted by molar-refractivity contribution is 6.35. The van der Waals surface area contributed by atoms with Crippen LogP contribution in [0.1, 0.15) is 13.3 Å². The first-order chi connectivity index (χ1) is 9.58. The molecule has 1 aliphatic rings. The minimum absolute atomic E-state index is 0. The standard InChI is InChI=1S/C14H18Cl2N2O2.ClH/c1-10-9-17-5-6-18(10)14(19)4-7-20-13-3-2-11(15)8-12(13)16;/h2-3,8,10,17H,4-7,9H2,1H3;1H/t10-;/m1./s1. The summed E-state index contributed by atoms with van der Waals surface area (Å²) in [6.07, 6.45) is 0.350. The van der Waals surface area contributed by atoms with Crippen LogP contribution < -0.4 is 10.1 Å². The molecule has 1 aromatic carbocycles. The fourth-order valence-electron chi connectivity index (χ4n) is 2.20. The van der Waals surface area contributed by atoms with E-state index in [0.717, 1.165) is 19.6 Å². The molecule has 21 heavy (non-hydrogen) atoms. The molecule has 0 saturated carbocycles. The molecule has 0 bridgehead atoms. The van der Waals surface area contributed by atoms with E-state index in [9.17, 15) is 4.79 Å². The van der Waals surface area contributed by atoms with Gasteiger partial charge in [-0.2, -0.15) is 0 Å². The van der Waals surface area contributed by atoms with Crippen LogP contribution in [0.15, 0.2) is 18.2 Å². The minimum atomic E-state index is 0. The molecule has 1 saturated heterocycles. The molecule has 2 rings (SSSR count). The Hall–Kier alpha value is -0.680. The Balaban J connectivity index is 0.00000220. The number of nitrogens with one attached hydrogen (secondary N) is 1. The van der Waals surface area contributed by atoms with Crippen LogP contribution >= 0.6 is 35.6 Å². The Morgan fingerprint density at radius 1 is 1.48 bits per heavy atom. The molecular weight excluding hydrogens is 335 g/mol. The van der Waals surface area contributed by atoms with E-state index in [-0.39, 0.29) is 24.4 Å². The van der Waals surface area contributed by atoms with Gasteiger partial charge in [-0.15, -0.1) is 12.4 Å². The smallest absolute Gasteiger partial charge is 0.226 e. The van der Waals surface area contributed by atoms with E-state index in [2.05, 4.69) is 5.32 Å². The lowest BCUT2D eigenvalue weighted by molar-refractivity contribution is -0.134. The second-order valence-electron chi connectivity index (χ2n) is 4.81. The summed E-state index contributed by atoms with van der Waals surface area (Å²) < 4.78 is 5.53. The Morgan fingerprint density at radius 2 is 2.24 bits per heavy atom. The zero-order chi connectivity index (χ0) is 14.5. The lowest BCUT2D eigenvalue weighted by Gasteiger charge is -2.34. The minimum Gasteiger partial charge on any atom is -0.491 e. The summed E-state index contributed by atoms with van der Waals surface area (Å²) in [4.78, 5) is 14.0. The number of hydrogen-bond donors (Lipinski definition) is 1. The first-order valence-corrected chi connectivity index (χ1v) is 7.41. The van der Waals surface area contributed by atoms with Crippen molar-refractivity contribution in [1.29, 1.82) is 0 Å². The molecule has 1 heterocycles. The van der Waals surface area contributed by atoms with Crippen molar-refractivity contribution in [2.24, 2.45) is 0 Å². The number of ether oxygens (including phenoxy) is 1. The van der Waals surface area contributed by atoms with Crippen molar-refractivity contribution in [1.82, 2.24) is 10.2 Å². The van der Waals surface area contributed by atoms with Crippen molar-refractivity contribution in [3.63, 3.8) is 0 Å². The predicted octanol–water partition coefficient (Wildman–Crippen LogP) is 3.00. The van der Waals surface area contributed by atoms with Crippen molar-refractivity contribution >= 4 is 41.5 Å². The van der Waals surface area contributed by atoms with Gasteiger partial charge < -0.3 is 15.0 Å². The third-order valence-electron chi connectivity index (χ3n) is 3.29. The molecule has 0 aliphatic carbocycles. The van der Waals surface area contributed by atoms with Crippen LogP contribution in [0, 0.1) is 0 Å². The van der Waals surface area contributed by atoms with Crippen molar-refractivity contribution in [2.75, 3.05) is 26.2 Å². The third-order valence-corrected chi connectivity index (χ3v) is 3.82. The number of piperazine rings is 1. The lowest BCUT2D eigenvalue weighted by atomic mass is 10.2. The second kappa shape index (κ2) is 8.69. The van der Waals surface area contributed by atoms with Crippen LogP contribution in [0.2, 0.25) is 10.0 Å². The van der Waals surface area contributed by atoms with E-state index in [1.165, 1.54) is 0 Å². The van der Waals surface area contributed by atoms with Gasteiger partial charge in [0.05, 0.1) is 18.1 Å². The number of amides is 1. The van der Waals surface area contributed by atoms with E-state index in [0.29, 0.717) is 28.8 Å². The molecule has 1 N–H and O–H groups in total. The van der Waals surface area contributed by atoms with Crippen LogP contribution in [-0.2, 0) is 4.79 Å². The highest BCUT2D eigenvalue weighted by atomic mass is 35.5. The molecule has 0 radical (unpaired) electrons. The van der Waals surface area contributed by atoms with Crippen LogP contribution in [0.5, 0.6) is 5.75 Å². The largest absolute Gasteiger partial charge is 0.491 e. The molecule has 1 atom stereocenters. The summed E-state index contributed by atoms with van der Waals surface area (Å²) in [7, 11) is 0. The number of rotatable bonds is 4. The lowest BCUT2D eigenvalue weighted by Crippen LogP contribution is -2.52. The van der Waals surface area contributed by atoms with Gasteiger partial charge in [-0.25, -0.2) is 0 Å². The number of halogens is 3. The van der Waals surface area contributed by atoms with Gasteiger partial charge in [0.1, 0.15) is 5.75 Å². The molecule has 1 aliphatic heterocycles. The average Bonchev–Trinajstić information content (AvgIpc) is 2.41. The first kappa shape index (κ1) is 18.4. The monoisotopic (exact) mass is 352 g/mol. The molecule has 1 amide bonds. The molecule has 0 spiro atoms. The summed E-state index contributed by atoms with van der Waals surface area (Å²) in [6.45, 7) is 4.80. The van der Waals surface area contributed by atoms with E-state index < -0.39 is 0 Å². The molecule has 0 unspecified atom stereocenters. The van der Waals surface area contributed by atoms with Gasteiger partial charge in [-0.05, 0) is 25.1 Å². The first-order valence-electron chi connectivity index (χ1n) is 6.66. The zero-order valence-corrected chi connectivity index (χ0v) is 14.1. The van der Waals surface area contributed by atoms with Gasteiger partial charge in [0.15, 0.2) is 0 Å². The normalized spacial score (nSPS) is 18.0. The van der Waals surface area contributed by atoms with Crippen LogP contribution in [0.3, 0.4) is 0 Å². The molecular formula is C14H19Cl3N2O2. The number of hydrogen-bond acceptors (Lipinski definition) is 3. The number of benzene rings is 1. The van der Waals surface area contributed by atoms with Gasteiger partial charge >= 0.3 is 0 Å². The van der Waals surface area contributed by atoms with E-state index in [4.69, 9.17) is 27.9 Å². The quantitative estimate of drug-likeness (QED) is 0.905. The van der Waals surface area contributed by atoms with Crippen LogP contribution in [0.25, 0.3) is 0 Å². The summed E-state index contributed by atoms with van der Waals surface area (Å²) in [5.74, 6) is 0.668. The number of carbonyl (C=O) groups excluding carboxylic acids is 1. The Morgan fingerprint density at radius 3 is 2.90 bits per heavy atom. The number of nitrogens with zero attached hydrogens (tertiary/aromatic N) is 1. The highest BCUT2D eigenvalue weighted by Crippen LogP contribution is 2.27. The molecule has 1 fully saturated rings. The Bertz CT molecular complexity index is 485. The highest BCUT2D eigenvalue weighted by Gasteiger charge is 2.22. The van der Waals surface area contributed by atoms with Crippen LogP contribution in [0.4, 0.5) is 0 Å². The van der Waals surface area contributed by atoms with Gasteiger partial charge in [0, 0.05) is 30.7 Å². The molecule has 0 aromatic heterocycles. The molecule has 4 nitrogen and oxygen atoms in total. The van der Waals surface area contributed by atoms with Crippen molar-refractivity contribution in [3.8, 4) is 5.75 Å². The maximum absolute atomic E-state index is 12.1. The van der Waals surface area contributed by atoms with Crippen LogP contribution in [-0.4, -0.2) is 43.1 Å². The van der Waals surface area contributed by atoms with Crippen molar-refractivity contribution < 1.29 is 9.53 Å². The van der Waals surface area contributed by atoms with Gasteiger partial charge in [0.2, 0.25) is 5.91 Å². The molecule has 1 aromatic rings. The second-order valence-corrected chi connectivity index (χ2v) is 5.66. The Kier molecular flexibility index (Phi) is 7.60. The fourth-order valence-corrected chi connectivity index (χ4v) is 2.66. The van der Waals surface area contributed by atoms with Crippen molar-refractivity contribution in [3.05, 3.63) is 28.2 Å². The molecule has 118 valence electrons. The topological polar surface area (TPSA) is 41.6 Å². The van der Waals surface area contributed by atoms with E-state index in [1.54, 1.807) is 18.2 Å². The third kappa shape index (κ3) is 5.22. The SMILES string of the molecule is C[C@@H]1CNCCN1C(=O)CCOc1ccc(Cl)cc1Cl.Cl. The maximum Gasteiger partial charge on any atom is 0.226 e. The van der Waals surface area contributed by atoms with Crippen molar-refractivity contribution in [2.45, 2.75) is 19.4 Å². The summed E-state index contributed by atoms with van der Waals surface area (Å²) in [6, 6.07) is 5.28. The predicted molar refractivity (Wildman–Crippen MR) is 87.9 cm³/mol. The Labute approximate surface area is 141 Å². The summed E-state index contributed by atoms with van der Waals surface area (Å²) in [5, 5.41) is 4.28. The molecule has 7 heteroatoms. The van der Waals surface area contributed by atoms with E-state index in [1.807, 2.05) is 11.8 Å². The number of carbonyl (C=O) groups is 1.